The standard InChI is InChI=1S/C14H26N2O4.C10H20N2O2.C9H18N2O2.ClH/c1-10(2)19-13(18)16-8-7-15(9-11(16)3)12(17)20-14(4,5)6;1-8-7-12(6-5-11-8)9(13)14-10(2,3)4;1-7(2)13-9(12)11-5-4-10-6-8(11)3;/h10-11H,7-9H2,1-6H3;8,11H,5-7H2,1-4H3;7-8,10H,4-6H2,1-3H3;1H/t11-;2*8-;/m000./s1. The van der Waals surface area contributed by atoms with Crippen LogP contribution >= 0.6 is 12.4 Å². The first-order valence-electron chi connectivity index (χ1n) is 16.9. The van der Waals surface area contributed by atoms with Crippen LogP contribution in [0.3, 0.4) is 0 Å². The minimum atomic E-state index is -0.506. The third-order valence-electron chi connectivity index (χ3n) is 6.94. The van der Waals surface area contributed by atoms with Crippen molar-refractivity contribution in [3.63, 3.8) is 0 Å². The number of rotatable bonds is 2. The summed E-state index contributed by atoms with van der Waals surface area (Å²) in [5.41, 5.74) is -0.904. The second-order valence-electron chi connectivity index (χ2n) is 14.9. The Kier molecular flexibility index (Phi) is 19.6. The van der Waals surface area contributed by atoms with Gasteiger partial charge in [-0.3, -0.25) is 0 Å². The van der Waals surface area contributed by atoms with Crippen LogP contribution in [0.25, 0.3) is 0 Å². The minimum absolute atomic E-state index is 0. The van der Waals surface area contributed by atoms with E-state index in [1.165, 1.54) is 0 Å². The van der Waals surface area contributed by atoms with E-state index in [-0.39, 0.29) is 61.1 Å². The van der Waals surface area contributed by atoms with Gasteiger partial charge in [0.15, 0.2) is 0 Å². The van der Waals surface area contributed by atoms with E-state index in [4.69, 9.17) is 18.9 Å². The third kappa shape index (κ3) is 18.2. The molecule has 2 N–H and O–H groups in total. The summed E-state index contributed by atoms with van der Waals surface area (Å²) >= 11 is 0. The number of nitrogens with one attached hydrogen (secondary N) is 2. The quantitative estimate of drug-likeness (QED) is 0.379. The fourth-order valence-electron chi connectivity index (χ4n) is 4.80. The van der Waals surface area contributed by atoms with Gasteiger partial charge in [0.25, 0.3) is 0 Å². The molecule has 3 saturated heterocycles. The molecule has 14 nitrogen and oxygen atoms in total. The summed E-state index contributed by atoms with van der Waals surface area (Å²) in [7, 11) is 0. The number of carbonyl (C=O) groups excluding carboxylic acids is 4. The van der Waals surface area contributed by atoms with E-state index in [9.17, 15) is 19.2 Å². The minimum Gasteiger partial charge on any atom is -0.447 e. The molecule has 3 atom stereocenters. The molecule has 48 heavy (non-hydrogen) atoms. The molecule has 0 bridgehead atoms. The van der Waals surface area contributed by atoms with Crippen molar-refractivity contribution in [3.8, 4) is 0 Å². The van der Waals surface area contributed by atoms with Gasteiger partial charge < -0.3 is 49.2 Å². The van der Waals surface area contributed by atoms with Crippen molar-refractivity contribution in [2.24, 2.45) is 0 Å². The molecular weight excluding hydrogens is 644 g/mol. The Morgan fingerprint density at radius 1 is 0.625 bits per heavy atom. The van der Waals surface area contributed by atoms with E-state index in [1.807, 2.05) is 83.1 Å². The number of halogens is 1. The number of piperazine rings is 3. The van der Waals surface area contributed by atoms with Crippen LogP contribution in [-0.4, -0.2) is 144 Å². The van der Waals surface area contributed by atoms with E-state index >= 15 is 0 Å². The van der Waals surface area contributed by atoms with Crippen molar-refractivity contribution in [2.45, 2.75) is 132 Å². The predicted molar refractivity (Wildman–Crippen MR) is 189 cm³/mol. The predicted octanol–water partition coefficient (Wildman–Crippen LogP) is 4.93. The van der Waals surface area contributed by atoms with Crippen molar-refractivity contribution in [3.05, 3.63) is 0 Å². The zero-order valence-electron chi connectivity index (χ0n) is 31.7. The van der Waals surface area contributed by atoms with Gasteiger partial charge in [-0.2, -0.15) is 0 Å². The molecule has 15 heteroatoms. The molecule has 0 aromatic heterocycles. The Bertz CT molecular complexity index is 1000. The van der Waals surface area contributed by atoms with Crippen LogP contribution in [0.2, 0.25) is 0 Å². The summed E-state index contributed by atoms with van der Waals surface area (Å²) < 4.78 is 20.9. The molecule has 0 saturated carbocycles. The highest BCUT2D eigenvalue weighted by Crippen LogP contribution is 2.16. The first kappa shape index (κ1) is 45.3. The fourth-order valence-corrected chi connectivity index (χ4v) is 4.80. The summed E-state index contributed by atoms with van der Waals surface area (Å²) in [5.74, 6) is 0. The smallest absolute Gasteiger partial charge is 0.410 e. The molecule has 3 aliphatic rings. The summed E-state index contributed by atoms with van der Waals surface area (Å²) in [6.07, 6.45) is -1.22. The molecule has 3 rings (SSSR count). The zero-order valence-corrected chi connectivity index (χ0v) is 32.5. The molecular formula is C33H65ClN6O8. The molecule has 3 aliphatic heterocycles. The molecule has 3 fully saturated rings. The topological polar surface area (TPSA) is 142 Å². The van der Waals surface area contributed by atoms with Crippen LogP contribution in [0.5, 0.6) is 0 Å². The van der Waals surface area contributed by atoms with Crippen molar-refractivity contribution in [1.82, 2.24) is 30.2 Å². The van der Waals surface area contributed by atoms with Gasteiger partial charge in [0, 0.05) is 71.0 Å². The highest BCUT2D eigenvalue weighted by atomic mass is 35.5. The average molecular weight is 709 g/mol. The molecule has 0 unspecified atom stereocenters. The summed E-state index contributed by atoms with van der Waals surface area (Å²) in [6, 6.07) is 0.513. The number of ether oxygens (including phenoxy) is 4. The van der Waals surface area contributed by atoms with Gasteiger partial charge in [-0.15, -0.1) is 12.4 Å². The number of nitrogens with zero attached hydrogens (tertiary/aromatic N) is 4. The lowest BCUT2D eigenvalue weighted by Crippen LogP contribution is -2.56. The van der Waals surface area contributed by atoms with Gasteiger partial charge in [-0.1, -0.05) is 0 Å². The van der Waals surface area contributed by atoms with Crippen molar-refractivity contribution in [2.75, 3.05) is 58.9 Å². The van der Waals surface area contributed by atoms with Gasteiger partial charge in [0.1, 0.15) is 11.2 Å². The van der Waals surface area contributed by atoms with Gasteiger partial charge in [-0.25, -0.2) is 19.2 Å². The maximum atomic E-state index is 12.0. The van der Waals surface area contributed by atoms with Crippen molar-refractivity contribution in [1.29, 1.82) is 0 Å². The lowest BCUT2D eigenvalue weighted by Gasteiger charge is -2.39. The summed E-state index contributed by atoms with van der Waals surface area (Å²) in [5, 5.41) is 6.50. The Morgan fingerprint density at radius 2 is 1.08 bits per heavy atom. The molecule has 0 aliphatic carbocycles. The van der Waals surface area contributed by atoms with Crippen molar-refractivity contribution >= 4 is 36.8 Å². The lowest BCUT2D eigenvalue weighted by atomic mass is 10.2. The Morgan fingerprint density at radius 3 is 1.48 bits per heavy atom. The maximum absolute atomic E-state index is 12.0. The number of carbonyl (C=O) groups is 4. The Balaban J connectivity index is 0.000000704. The molecule has 0 radical (unpaired) electrons. The molecule has 0 spiro atoms. The lowest BCUT2D eigenvalue weighted by molar-refractivity contribution is 0.000875. The van der Waals surface area contributed by atoms with Crippen LogP contribution in [0.4, 0.5) is 19.2 Å². The van der Waals surface area contributed by atoms with Crippen LogP contribution in [0, 0.1) is 0 Å². The normalized spacial score (nSPS) is 21.5. The van der Waals surface area contributed by atoms with Gasteiger partial charge in [-0.05, 0) is 90.0 Å². The first-order valence-corrected chi connectivity index (χ1v) is 16.9. The molecule has 3 heterocycles. The SMILES string of the molecule is CC(C)OC(=O)N1CCN(C(=O)OC(C)(C)C)C[C@@H]1C.CC(C)OC(=O)N1CCNC[C@@H]1C.C[C@H]1CN(C(=O)OC(C)(C)C)CCN1.Cl. The zero-order chi connectivity index (χ0) is 36.1. The first-order chi connectivity index (χ1) is 21.6. The second kappa shape index (κ2) is 20.7. The van der Waals surface area contributed by atoms with Gasteiger partial charge >= 0.3 is 24.4 Å². The van der Waals surface area contributed by atoms with Crippen LogP contribution in [-0.2, 0) is 18.9 Å². The van der Waals surface area contributed by atoms with Gasteiger partial charge in [0.2, 0.25) is 0 Å². The molecule has 0 aromatic carbocycles. The molecule has 282 valence electrons. The Hall–Kier alpha value is -2.71. The third-order valence-corrected chi connectivity index (χ3v) is 6.94. The van der Waals surface area contributed by atoms with E-state index in [1.54, 1.807) is 19.6 Å². The molecule has 4 amide bonds. The second-order valence-corrected chi connectivity index (χ2v) is 14.9. The number of amides is 4. The largest absolute Gasteiger partial charge is 0.447 e. The van der Waals surface area contributed by atoms with E-state index in [2.05, 4.69) is 17.6 Å². The number of hydrogen-bond acceptors (Lipinski definition) is 10. The van der Waals surface area contributed by atoms with Crippen LogP contribution < -0.4 is 10.6 Å². The van der Waals surface area contributed by atoms with Crippen molar-refractivity contribution < 1.29 is 38.1 Å². The monoisotopic (exact) mass is 708 g/mol. The van der Waals surface area contributed by atoms with E-state index in [0.29, 0.717) is 25.7 Å². The van der Waals surface area contributed by atoms with Crippen LogP contribution in [0.15, 0.2) is 0 Å². The Labute approximate surface area is 295 Å². The highest BCUT2D eigenvalue weighted by molar-refractivity contribution is 5.85. The molecule has 0 aromatic rings. The summed E-state index contributed by atoms with van der Waals surface area (Å²) in [4.78, 5) is 53.8. The van der Waals surface area contributed by atoms with Gasteiger partial charge in [0.05, 0.1) is 18.2 Å². The number of hydrogen-bond donors (Lipinski definition) is 2. The summed E-state index contributed by atoms with van der Waals surface area (Å²) in [6.45, 7) is 30.7. The van der Waals surface area contributed by atoms with E-state index in [0.717, 1.165) is 39.3 Å². The van der Waals surface area contributed by atoms with Crippen LogP contribution in [0.1, 0.15) is 90.0 Å². The maximum Gasteiger partial charge on any atom is 0.410 e. The highest BCUT2D eigenvalue weighted by Gasteiger charge is 2.33. The average Bonchev–Trinajstić information content (AvgIpc) is 2.91. The van der Waals surface area contributed by atoms with E-state index < -0.39 is 11.2 Å². The fraction of sp³-hybridized carbons (Fsp3) is 0.879.